The van der Waals surface area contributed by atoms with Crippen LogP contribution >= 0.6 is 15.9 Å². The fourth-order valence-corrected chi connectivity index (χ4v) is 3.05. The Morgan fingerprint density at radius 1 is 1.28 bits per heavy atom. The first-order valence-corrected chi connectivity index (χ1v) is 8.81. The number of nitrogens with zero attached hydrogens (tertiary/aromatic N) is 3. The smallest absolute Gasteiger partial charge is 0.269 e. The average Bonchev–Trinajstić information content (AvgIpc) is 2.60. The highest BCUT2D eigenvalue weighted by molar-refractivity contribution is 9.10. The second kappa shape index (κ2) is 7.75. The SMILES string of the molecule is NC(=O)c1ncccc1Nc1nc(NC2CCC(O)CC2)ncc1Br. The molecule has 2 heterocycles. The first-order chi connectivity index (χ1) is 12.0. The van der Waals surface area contributed by atoms with Gasteiger partial charge in [-0.3, -0.25) is 4.79 Å². The molecule has 0 spiro atoms. The number of carbonyl (C=O) groups excluding carboxylic acids is 1. The number of nitrogens with one attached hydrogen (secondary N) is 2. The molecule has 25 heavy (non-hydrogen) atoms. The molecular weight excluding hydrogens is 388 g/mol. The summed E-state index contributed by atoms with van der Waals surface area (Å²) in [6.45, 7) is 0. The maximum atomic E-state index is 11.5. The van der Waals surface area contributed by atoms with E-state index in [2.05, 4.69) is 41.5 Å². The quantitative estimate of drug-likeness (QED) is 0.599. The molecule has 2 aromatic heterocycles. The molecule has 1 amide bonds. The van der Waals surface area contributed by atoms with Gasteiger partial charge in [-0.2, -0.15) is 4.98 Å². The van der Waals surface area contributed by atoms with Crippen LogP contribution in [0.3, 0.4) is 0 Å². The van der Waals surface area contributed by atoms with Gasteiger partial charge in [-0.15, -0.1) is 0 Å². The van der Waals surface area contributed by atoms with E-state index in [1.165, 1.54) is 6.20 Å². The lowest BCUT2D eigenvalue weighted by Crippen LogP contribution is -2.29. The number of carbonyl (C=O) groups is 1. The van der Waals surface area contributed by atoms with Crippen molar-refractivity contribution < 1.29 is 9.90 Å². The van der Waals surface area contributed by atoms with Crippen molar-refractivity contribution in [3.63, 3.8) is 0 Å². The van der Waals surface area contributed by atoms with E-state index in [1.54, 1.807) is 18.3 Å². The number of aliphatic hydroxyl groups excluding tert-OH is 1. The minimum absolute atomic E-state index is 0.142. The second-order valence-electron chi connectivity index (χ2n) is 5.93. The Kier molecular flexibility index (Phi) is 5.44. The average molecular weight is 407 g/mol. The summed E-state index contributed by atoms with van der Waals surface area (Å²) in [5, 5.41) is 15.9. The summed E-state index contributed by atoms with van der Waals surface area (Å²) in [6, 6.07) is 3.64. The molecule has 0 radical (unpaired) electrons. The van der Waals surface area contributed by atoms with Gasteiger partial charge in [0.15, 0.2) is 5.69 Å². The summed E-state index contributed by atoms with van der Waals surface area (Å²) in [5.41, 5.74) is 5.97. The number of halogens is 1. The van der Waals surface area contributed by atoms with Crippen LogP contribution in [0.2, 0.25) is 0 Å². The number of hydrogen-bond donors (Lipinski definition) is 4. The molecule has 1 aliphatic rings. The van der Waals surface area contributed by atoms with Crippen molar-refractivity contribution in [3.05, 3.63) is 34.7 Å². The number of hydrogen-bond acceptors (Lipinski definition) is 7. The van der Waals surface area contributed by atoms with Crippen LogP contribution in [0.5, 0.6) is 0 Å². The Morgan fingerprint density at radius 3 is 2.76 bits per heavy atom. The van der Waals surface area contributed by atoms with Crippen LogP contribution in [-0.4, -0.2) is 38.1 Å². The Bertz CT molecular complexity index is 764. The maximum absolute atomic E-state index is 11.5. The second-order valence-corrected chi connectivity index (χ2v) is 6.78. The maximum Gasteiger partial charge on any atom is 0.269 e. The summed E-state index contributed by atoms with van der Waals surface area (Å²) in [4.78, 5) is 24.2. The minimum Gasteiger partial charge on any atom is -0.393 e. The third-order valence-corrected chi connectivity index (χ3v) is 4.65. The predicted octanol–water partition coefficient (Wildman–Crippen LogP) is 2.19. The largest absolute Gasteiger partial charge is 0.393 e. The first kappa shape index (κ1) is 17.6. The molecule has 0 bridgehead atoms. The molecular formula is C16H19BrN6O2. The molecule has 8 nitrogen and oxygen atoms in total. The highest BCUT2D eigenvalue weighted by atomic mass is 79.9. The van der Waals surface area contributed by atoms with E-state index >= 15 is 0 Å². The molecule has 1 saturated carbocycles. The van der Waals surface area contributed by atoms with Crippen molar-refractivity contribution >= 4 is 39.3 Å². The van der Waals surface area contributed by atoms with E-state index in [9.17, 15) is 9.90 Å². The van der Waals surface area contributed by atoms with Crippen molar-refractivity contribution in [1.82, 2.24) is 15.0 Å². The molecule has 1 fully saturated rings. The van der Waals surface area contributed by atoms with Gasteiger partial charge in [0.25, 0.3) is 5.91 Å². The molecule has 3 rings (SSSR count). The summed E-state index contributed by atoms with van der Waals surface area (Å²) in [6.07, 6.45) is 6.23. The Balaban J connectivity index is 1.77. The lowest BCUT2D eigenvalue weighted by Gasteiger charge is -2.26. The number of nitrogens with two attached hydrogens (primary N) is 1. The zero-order valence-electron chi connectivity index (χ0n) is 13.4. The van der Waals surface area contributed by atoms with Crippen LogP contribution in [0.1, 0.15) is 36.2 Å². The molecule has 1 aliphatic carbocycles. The molecule has 0 atom stereocenters. The van der Waals surface area contributed by atoms with Crippen LogP contribution in [0, 0.1) is 0 Å². The molecule has 9 heteroatoms. The molecule has 132 valence electrons. The fraction of sp³-hybridized carbons (Fsp3) is 0.375. The molecule has 0 saturated heterocycles. The lowest BCUT2D eigenvalue weighted by atomic mass is 9.93. The number of amides is 1. The van der Waals surface area contributed by atoms with Crippen LogP contribution in [-0.2, 0) is 0 Å². The van der Waals surface area contributed by atoms with Crippen molar-refractivity contribution in [2.75, 3.05) is 10.6 Å². The van der Waals surface area contributed by atoms with Crippen molar-refractivity contribution in [1.29, 1.82) is 0 Å². The zero-order chi connectivity index (χ0) is 17.8. The highest BCUT2D eigenvalue weighted by Gasteiger charge is 2.20. The Morgan fingerprint density at radius 2 is 2.04 bits per heavy atom. The fourth-order valence-electron chi connectivity index (χ4n) is 2.76. The minimum atomic E-state index is -0.618. The third-order valence-electron chi connectivity index (χ3n) is 4.07. The molecule has 2 aromatic rings. The van der Waals surface area contributed by atoms with Gasteiger partial charge in [0.2, 0.25) is 5.95 Å². The van der Waals surface area contributed by atoms with E-state index in [0.717, 1.165) is 25.7 Å². The third kappa shape index (κ3) is 4.43. The number of aromatic nitrogens is 3. The lowest BCUT2D eigenvalue weighted by molar-refractivity contribution is 0.0996. The molecule has 5 N–H and O–H groups in total. The number of anilines is 3. The molecule has 0 aliphatic heterocycles. The van der Waals surface area contributed by atoms with Gasteiger partial charge in [0.1, 0.15) is 5.82 Å². The van der Waals surface area contributed by atoms with E-state index in [4.69, 9.17) is 5.73 Å². The number of pyridine rings is 1. The standard InChI is InChI=1S/C16H19BrN6O2/c17-11-8-20-16(21-9-3-5-10(24)6-4-9)23-15(11)22-12-2-1-7-19-13(12)14(18)25/h1-2,7-10,24H,3-6H2,(H2,18,25)(H2,20,21,22,23). The van der Waals surface area contributed by atoms with E-state index < -0.39 is 5.91 Å². The normalized spacial score (nSPS) is 20.1. The van der Waals surface area contributed by atoms with Gasteiger partial charge in [-0.25, -0.2) is 9.97 Å². The number of rotatable bonds is 5. The topological polar surface area (TPSA) is 126 Å². The monoisotopic (exact) mass is 406 g/mol. The van der Waals surface area contributed by atoms with E-state index in [0.29, 0.717) is 21.9 Å². The zero-order valence-corrected chi connectivity index (χ0v) is 15.0. The number of aliphatic hydroxyl groups is 1. The summed E-state index contributed by atoms with van der Waals surface area (Å²) in [7, 11) is 0. The Labute approximate surface area is 153 Å². The van der Waals surface area contributed by atoms with Gasteiger partial charge >= 0.3 is 0 Å². The van der Waals surface area contributed by atoms with Crippen LogP contribution in [0.4, 0.5) is 17.5 Å². The van der Waals surface area contributed by atoms with Crippen molar-refractivity contribution in [3.8, 4) is 0 Å². The molecule has 0 aromatic carbocycles. The first-order valence-electron chi connectivity index (χ1n) is 8.02. The van der Waals surface area contributed by atoms with E-state index in [1.807, 2.05) is 0 Å². The van der Waals surface area contributed by atoms with E-state index in [-0.39, 0.29) is 17.8 Å². The van der Waals surface area contributed by atoms with Gasteiger partial charge in [-0.05, 0) is 53.7 Å². The molecule has 0 unspecified atom stereocenters. The Hall–Kier alpha value is -2.26. The van der Waals surface area contributed by atoms with Crippen LogP contribution in [0.25, 0.3) is 0 Å². The summed E-state index contributed by atoms with van der Waals surface area (Å²) in [5.74, 6) is 0.368. The highest BCUT2D eigenvalue weighted by Crippen LogP contribution is 2.27. The summed E-state index contributed by atoms with van der Waals surface area (Å²) < 4.78 is 0.649. The van der Waals surface area contributed by atoms with Crippen molar-refractivity contribution in [2.45, 2.75) is 37.8 Å². The predicted molar refractivity (Wildman–Crippen MR) is 97.7 cm³/mol. The number of primary amides is 1. The van der Waals surface area contributed by atoms with Gasteiger partial charge in [-0.1, -0.05) is 0 Å². The van der Waals surface area contributed by atoms with Crippen molar-refractivity contribution in [2.24, 2.45) is 5.73 Å². The van der Waals surface area contributed by atoms with Gasteiger partial charge in [0.05, 0.1) is 16.3 Å². The van der Waals surface area contributed by atoms with Gasteiger partial charge in [0, 0.05) is 18.4 Å². The summed E-state index contributed by atoms with van der Waals surface area (Å²) >= 11 is 3.40. The van der Waals surface area contributed by atoms with Crippen LogP contribution in [0.15, 0.2) is 29.0 Å². The van der Waals surface area contributed by atoms with Crippen LogP contribution < -0.4 is 16.4 Å². The van der Waals surface area contributed by atoms with Gasteiger partial charge < -0.3 is 21.5 Å².